The molecule has 0 saturated carbocycles. The summed E-state index contributed by atoms with van der Waals surface area (Å²) in [4.78, 5) is 11.2. The van der Waals surface area contributed by atoms with Gasteiger partial charge in [-0.25, -0.2) is 4.79 Å². The van der Waals surface area contributed by atoms with E-state index in [1.807, 2.05) is 16.8 Å². The van der Waals surface area contributed by atoms with Crippen molar-refractivity contribution < 1.29 is 15.0 Å². The molecule has 0 fully saturated rings. The van der Waals surface area contributed by atoms with Crippen LogP contribution in [-0.4, -0.2) is 27.4 Å². The fourth-order valence-corrected chi connectivity index (χ4v) is 2.45. The fraction of sp³-hybridized carbons (Fsp3) is 0.400. The number of fused-ring (bicyclic) bond motifs is 1. The van der Waals surface area contributed by atoms with E-state index in [1.54, 1.807) is 13.0 Å². The van der Waals surface area contributed by atoms with Gasteiger partial charge in [0.05, 0.1) is 12.2 Å². The van der Waals surface area contributed by atoms with Crippen LogP contribution >= 0.6 is 0 Å². The van der Waals surface area contributed by atoms with Crippen LogP contribution in [0.1, 0.15) is 41.3 Å². The number of carbonyl (C=O) groups is 1. The van der Waals surface area contributed by atoms with Gasteiger partial charge in [0.1, 0.15) is 0 Å². The second kappa shape index (κ2) is 5.05. The molecular formula is C15H19NO3. The number of aliphatic hydroxyl groups is 1. The Morgan fingerprint density at radius 1 is 1.37 bits per heavy atom. The van der Waals surface area contributed by atoms with Crippen LogP contribution in [0.5, 0.6) is 0 Å². The number of nitrogens with zero attached hydrogens (tertiary/aromatic N) is 1. The molecule has 0 atom stereocenters. The smallest absolute Gasteiger partial charge is 0.335 e. The summed E-state index contributed by atoms with van der Waals surface area (Å²) in [5.41, 5.74) is 3.19. The highest BCUT2D eigenvalue weighted by molar-refractivity contribution is 5.96. The Morgan fingerprint density at radius 3 is 2.58 bits per heavy atom. The first-order valence-corrected chi connectivity index (χ1v) is 6.43. The number of benzene rings is 1. The molecule has 0 radical (unpaired) electrons. The minimum absolute atomic E-state index is 0.0705. The van der Waals surface area contributed by atoms with Crippen LogP contribution in [0.3, 0.4) is 0 Å². The van der Waals surface area contributed by atoms with Gasteiger partial charge in [-0.2, -0.15) is 0 Å². The molecule has 0 spiro atoms. The minimum Gasteiger partial charge on any atom is -0.478 e. The summed E-state index contributed by atoms with van der Waals surface area (Å²) in [6.07, 6.45) is 2.01. The fourth-order valence-electron chi connectivity index (χ4n) is 2.45. The van der Waals surface area contributed by atoms with E-state index in [-0.39, 0.29) is 6.61 Å². The van der Waals surface area contributed by atoms with E-state index in [2.05, 4.69) is 13.8 Å². The molecule has 0 aliphatic heterocycles. The van der Waals surface area contributed by atoms with Crippen molar-refractivity contribution in [1.82, 2.24) is 4.57 Å². The Hall–Kier alpha value is -1.81. The molecule has 2 rings (SSSR count). The van der Waals surface area contributed by atoms with Gasteiger partial charge in [0.15, 0.2) is 0 Å². The standard InChI is InChI=1S/C15H19NO3/c1-9(2)13-8-16(4-5-17)14-6-10(3)11(15(18)19)7-12(13)14/h6-9,17H,4-5H2,1-3H3,(H,18,19). The normalized spacial score (nSPS) is 11.4. The quantitative estimate of drug-likeness (QED) is 0.889. The molecule has 1 heterocycles. The first-order chi connectivity index (χ1) is 8.95. The van der Waals surface area contributed by atoms with Crippen LogP contribution in [0.15, 0.2) is 18.3 Å². The summed E-state index contributed by atoms with van der Waals surface area (Å²) in [5.74, 6) is -0.587. The molecule has 1 aromatic carbocycles. The SMILES string of the molecule is Cc1cc2c(cc1C(=O)O)c(C(C)C)cn2CCO. The molecule has 19 heavy (non-hydrogen) atoms. The average molecular weight is 261 g/mol. The van der Waals surface area contributed by atoms with Crippen LogP contribution in [0.4, 0.5) is 0 Å². The highest BCUT2D eigenvalue weighted by Crippen LogP contribution is 2.30. The molecular weight excluding hydrogens is 242 g/mol. The number of hydrogen-bond donors (Lipinski definition) is 2. The number of aromatic nitrogens is 1. The molecule has 0 aliphatic carbocycles. The van der Waals surface area contributed by atoms with Crippen LogP contribution in [0.2, 0.25) is 0 Å². The van der Waals surface area contributed by atoms with Gasteiger partial charge in [-0.1, -0.05) is 13.8 Å². The van der Waals surface area contributed by atoms with Gasteiger partial charge in [0.25, 0.3) is 0 Å². The van der Waals surface area contributed by atoms with Crippen molar-refractivity contribution >= 4 is 16.9 Å². The third-order valence-electron chi connectivity index (χ3n) is 3.45. The lowest BCUT2D eigenvalue weighted by Crippen LogP contribution is -2.02. The van der Waals surface area contributed by atoms with Crippen molar-refractivity contribution in [2.45, 2.75) is 33.2 Å². The molecule has 0 amide bonds. The number of aryl methyl sites for hydroxylation is 1. The Labute approximate surface area is 112 Å². The van der Waals surface area contributed by atoms with Crippen molar-refractivity contribution in [3.8, 4) is 0 Å². The second-order valence-electron chi connectivity index (χ2n) is 5.15. The van der Waals surface area contributed by atoms with E-state index in [9.17, 15) is 9.90 Å². The molecule has 1 aromatic heterocycles. The van der Waals surface area contributed by atoms with Gasteiger partial charge in [-0.05, 0) is 36.1 Å². The molecule has 102 valence electrons. The van der Waals surface area contributed by atoms with Gasteiger partial charge in [-0.15, -0.1) is 0 Å². The lowest BCUT2D eigenvalue weighted by atomic mass is 9.99. The lowest BCUT2D eigenvalue weighted by Gasteiger charge is -2.06. The highest BCUT2D eigenvalue weighted by Gasteiger charge is 2.15. The molecule has 0 bridgehead atoms. The van der Waals surface area contributed by atoms with Gasteiger partial charge < -0.3 is 14.8 Å². The number of carboxylic acid groups (broad SMARTS) is 1. The summed E-state index contributed by atoms with van der Waals surface area (Å²) in [5, 5.41) is 19.3. The molecule has 0 unspecified atom stereocenters. The van der Waals surface area contributed by atoms with Crippen molar-refractivity contribution in [3.05, 3.63) is 35.0 Å². The maximum atomic E-state index is 11.2. The summed E-state index contributed by atoms with van der Waals surface area (Å²) in [6.45, 7) is 6.56. The summed E-state index contributed by atoms with van der Waals surface area (Å²) in [6, 6.07) is 3.64. The predicted octanol–water partition coefficient (Wildman–Crippen LogP) is 2.76. The number of hydrogen-bond acceptors (Lipinski definition) is 2. The number of aromatic carboxylic acids is 1. The molecule has 2 aromatic rings. The van der Waals surface area contributed by atoms with Crippen LogP contribution in [0.25, 0.3) is 10.9 Å². The third-order valence-corrected chi connectivity index (χ3v) is 3.45. The number of rotatable bonds is 4. The lowest BCUT2D eigenvalue weighted by molar-refractivity contribution is 0.0696. The molecule has 4 nitrogen and oxygen atoms in total. The summed E-state index contributed by atoms with van der Waals surface area (Å²) >= 11 is 0. The van der Waals surface area contributed by atoms with Crippen LogP contribution < -0.4 is 0 Å². The number of carboxylic acids is 1. The zero-order valence-electron chi connectivity index (χ0n) is 11.5. The van der Waals surface area contributed by atoms with E-state index < -0.39 is 5.97 Å². The Kier molecular flexibility index (Phi) is 3.62. The first kappa shape index (κ1) is 13.6. The molecule has 4 heteroatoms. The number of aliphatic hydroxyl groups excluding tert-OH is 1. The van der Waals surface area contributed by atoms with Crippen molar-refractivity contribution in [3.63, 3.8) is 0 Å². The minimum atomic E-state index is -0.899. The maximum Gasteiger partial charge on any atom is 0.335 e. The zero-order chi connectivity index (χ0) is 14.2. The van der Waals surface area contributed by atoms with Gasteiger partial charge in [0.2, 0.25) is 0 Å². The zero-order valence-corrected chi connectivity index (χ0v) is 11.5. The Morgan fingerprint density at radius 2 is 2.05 bits per heavy atom. The van der Waals surface area contributed by atoms with Crippen molar-refractivity contribution in [1.29, 1.82) is 0 Å². The molecule has 0 aliphatic rings. The van der Waals surface area contributed by atoms with Crippen molar-refractivity contribution in [2.24, 2.45) is 0 Å². The van der Waals surface area contributed by atoms with Gasteiger partial charge >= 0.3 is 5.97 Å². The van der Waals surface area contributed by atoms with E-state index in [0.29, 0.717) is 18.0 Å². The second-order valence-corrected chi connectivity index (χ2v) is 5.15. The molecule has 2 N–H and O–H groups in total. The Balaban J connectivity index is 2.75. The average Bonchev–Trinajstić information content (AvgIpc) is 2.67. The summed E-state index contributed by atoms with van der Waals surface area (Å²) < 4.78 is 1.99. The first-order valence-electron chi connectivity index (χ1n) is 6.43. The van der Waals surface area contributed by atoms with Crippen molar-refractivity contribution in [2.75, 3.05) is 6.61 Å². The maximum absolute atomic E-state index is 11.2. The Bertz CT molecular complexity index is 626. The third kappa shape index (κ3) is 2.36. The topological polar surface area (TPSA) is 62.5 Å². The summed E-state index contributed by atoms with van der Waals surface area (Å²) in [7, 11) is 0. The molecule has 0 saturated heterocycles. The van der Waals surface area contributed by atoms with E-state index in [1.165, 1.54) is 0 Å². The van der Waals surface area contributed by atoms with Crippen LogP contribution in [-0.2, 0) is 6.54 Å². The van der Waals surface area contributed by atoms with E-state index >= 15 is 0 Å². The predicted molar refractivity (Wildman–Crippen MR) is 74.8 cm³/mol. The monoisotopic (exact) mass is 261 g/mol. The van der Waals surface area contributed by atoms with E-state index in [4.69, 9.17) is 5.11 Å². The van der Waals surface area contributed by atoms with Gasteiger partial charge in [0, 0.05) is 23.6 Å². The van der Waals surface area contributed by atoms with Gasteiger partial charge in [-0.3, -0.25) is 0 Å². The largest absolute Gasteiger partial charge is 0.478 e. The van der Waals surface area contributed by atoms with E-state index in [0.717, 1.165) is 22.0 Å². The highest BCUT2D eigenvalue weighted by atomic mass is 16.4. The van der Waals surface area contributed by atoms with Crippen LogP contribution in [0, 0.1) is 6.92 Å².